The van der Waals surface area contributed by atoms with Crippen LogP contribution in [0, 0.1) is 0 Å². The van der Waals surface area contributed by atoms with Crippen LogP contribution >= 0.6 is 0 Å². The van der Waals surface area contributed by atoms with Crippen LogP contribution in [0.3, 0.4) is 0 Å². The van der Waals surface area contributed by atoms with E-state index in [0.717, 1.165) is 18.8 Å². The molecule has 0 aliphatic carbocycles. The first-order valence-electron chi connectivity index (χ1n) is 7.24. The molecule has 0 saturated heterocycles. The van der Waals surface area contributed by atoms with Crippen LogP contribution in [0.1, 0.15) is 45.1 Å². The van der Waals surface area contributed by atoms with Gasteiger partial charge in [0, 0.05) is 6.61 Å². The first-order chi connectivity index (χ1) is 9.30. The minimum absolute atomic E-state index is 0.235. The Labute approximate surface area is 117 Å². The average molecular weight is 262 g/mol. The van der Waals surface area contributed by atoms with Crippen molar-refractivity contribution in [2.24, 2.45) is 0 Å². The summed E-state index contributed by atoms with van der Waals surface area (Å²) in [6, 6.07) is 8.08. The molecule has 0 amide bonds. The van der Waals surface area contributed by atoms with Gasteiger partial charge in [-0.3, -0.25) is 0 Å². The largest absolute Gasteiger partial charge is 0.497 e. The molecule has 0 aliphatic heterocycles. The first-order valence-corrected chi connectivity index (χ1v) is 7.24. The number of methoxy groups -OCH3 is 1. The highest BCUT2D eigenvalue weighted by molar-refractivity contribution is 5.51. The van der Waals surface area contributed by atoms with Gasteiger partial charge in [-0.2, -0.15) is 0 Å². The maximum absolute atomic E-state index is 5.74. The van der Waals surface area contributed by atoms with Gasteiger partial charge in [0.05, 0.1) is 13.2 Å². The van der Waals surface area contributed by atoms with Gasteiger partial charge in [-0.05, 0) is 31.0 Å². The van der Waals surface area contributed by atoms with Crippen molar-refractivity contribution >= 4 is 6.08 Å². The second-order valence-corrected chi connectivity index (χ2v) is 4.62. The maximum atomic E-state index is 5.74. The van der Waals surface area contributed by atoms with E-state index >= 15 is 0 Å². The van der Waals surface area contributed by atoms with Crippen molar-refractivity contribution in [1.29, 1.82) is 0 Å². The summed E-state index contributed by atoms with van der Waals surface area (Å²) in [5.41, 5.74) is 1.18. The number of hydrogen-bond donors (Lipinski definition) is 0. The van der Waals surface area contributed by atoms with Crippen LogP contribution in [0.4, 0.5) is 0 Å². The molecule has 0 fully saturated rings. The Hall–Kier alpha value is -1.28. The van der Waals surface area contributed by atoms with Crippen LogP contribution in [0.25, 0.3) is 6.08 Å². The fourth-order valence-corrected chi connectivity index (χ4v) is 1.98. The van der Waals surface area contributed by atoms with Gasteiger partial charge in [-0.1, -0.05) is 50.5 Å². The van der Waals surface area contributed by atoms with Crippen molar-refractivity contribution in [2.45, 2.75) is 45.6 Å². The lowest BCUT2D eigenvalue weighted by molar-refractivity contribution is 0.0889. The SMILES string of the molecule is CCCCCC(C=Cc1ccc(OC)cc1)OCC. The third kappa shape index (κ3) is 6.44. The molecular weight excluding hydrogens is 236 g/mol. The van der Waals surface area contributed by atoms with Crippen molar-refractivity contribution in [3.05, 3.63) is 35.9 Å². The first kappa shape index (κ1) is 15.8. The molecule has 0 saturated carbocycles. The average Bonchev–Trinajstić information content (AvgIpc) is 2.45. The molecule has 1 rings (SSSR count). The highest BCUT2D eigenvalue weighted by Gasteiger charge is 2.03. The van der Waals surface area contributed by atoms with Gasteiger partial charge >= 0.3 is 0 Å². The molecule has 0 spiro atoms. The topological polar surface area (TPSA) is 18.5 Å². The van der Waals surface area contributed by atoms with E-state index in [9.17, 15) is 0 Å². The summed E-state index contributed by atoms with van der Waals surface area (Å²) < 4.78 is 10.9. The zero-order valence-corrected chi connectivity index (χ0v) is 12.4. The van der Waals surface area contributed by atoms with Crippen LogP contribution in [0.15, 0.2) is 30.3 Å². The lowest BCUT2D eigenvalue weighted by Crippen LogP contribution is -2.09. The van der Waals surface area contributed by atoms with Crippen LogP contribution in [-0.4, -0.2) is 19.8 Å². The Morgan fingerprint density at radius 2 is 1.84 bits per heavy atom. The Kier molecular flexibility index (Phi) is 7.99. The molecule has 19 heavy (non-hydrogen) atoms. The Bertz CT molecular complexity index is 354. The van der Waals surface area contributed by atoms with Crippen molar-refractivity contribution in [3.63, 3.8) is 0 Å². The summed E-state index contributed by atoms with van der Waals surface area (Å²) in [6.45, 7) is 5.04. The molecule has 0 aromatic heterocycles. The van der Waals surface area contributed by atoms with E-state index in [1.165, 1.54) is 24.8 Å². The fraction of sp³-hybridized carbons (Fsp3) is 0.529. The zero-order valence-electron chi connectivity index (χ0n) is 12.4. The van der Waals surface area contributed by atoms with Crippen molar-refractivity contribution in [1.82, 2.24) is 0 Å². The molecule has 1 unspecified atom stereocenters. The normalized spacial score (nSPS) is 12.8. The zero-order chi connectivity index (χ0) is 13.9. The molecule has 2 nitrogen and oxygen atoms in total. The van der Waals surface area contributed by atoms with Crippen molar-refractivity contribution in [2.75, 3.05) is 13.7 Å². The van der Waals surface area contributed by atoms with Crippen molar-refractivity contribution in [3.8, 4) is 5.75 Å². The van der Waals surface area contributed by atoms with Crippen molar-refractivity contribution < 1.29 is 9.47 Å². The Balaban J connectivity index is 2.52. The minimum atomic E-state index is 0.235. The van der Waals surface area contributed by atoms with E-state index in [-0.39, 0.29) is 6.10 Å². The van der Waals surface area contributed by atoms with E-state index in [1.54, 1.807) is 7.11 Å². The minimum Gasteiger partial charge on any atom is -0.497 e. The molecule has 106 valence electrons. The smallest absolute Gasteiger partial charge is 0.118 e. The summed E-state index contributed by atoms with van der Waals surface area (Å²) >= 11 is 0. The van der Waals surface area contributed by atoms with Gasteiger partial charge in [0.2, 0.25) is 0 Å². The number of benzene rings is 1. The van der Waals surface area contributed by atoms with Gasteiger partial charge in [-0.25, -0.2) is 0 Å². The molecule has 1 aromatic carbocycles. The molecule has 0 heterocycles. The van der Waals surface area contributed by atoms with E-state index < -0.39 is 0 Å². The third-order valence-electron chi connectivity index (χ3n) is 3.09. The molecular formula is C17H26O2. The van der Waals surface area contributed by atoms with Crippen LogP contribution in [-0.2, 0) is 4.74 Å². The highest BCUT2D eigenvalue weighted by Crippen LogP contribution is 2.14. The van der Waals surface area contributed by atoms with E-state index in [0.29, 0.717) is 0 Å². The number of unbranched alkanes of at least 4 members (excludes halogenated alkanes) is 2. The summed E-state index contributed by atoms with van der Waals surface area (Å²) in [6.07, 6.45) is 9.40. The lowest BCUT2D eigenvalue weighted by atomic mass is 10.1. The fourth-order valence-electron chi connectivity index (χ4n) is 1.98. The Morgan fingerprint density at radius 3 is 2.42 bits per heavy atom. The van der Waals surface area contributed by atoms with Crippen LogP contribution < -0.4 is 4.74 Å². The van der Waals surface area contributed by atoms with Gasteiger partial charge in [0.1, 0.15) is 5.75 Å². The summed E-state index contributed by atoms with van der Waals surface area (Å²) in [7, 11) is 1.68. The van der Waals surface area contributed by atoms with E-state index in [4.69, 9.17) is 9.47 Å². The predicted octanol–water partition coefficient (Wildman–Crippen LogP) is 4.69. The molecule has 0 bridgehead atoms. The molecule has 1 atom stereocenters. The molecule has 1 aromatic rings. The second-order valence-electron chi connectivity index (χ2n) is 4.62. The monoisotopic (exact) mass is 262 g/mol. The van der Waals surface area contributed by atoms with E-state index in [1.807, 2.05) is 19.1 Å². The van der Waals surface area contributed by atoms with Gasteiger partial charge in [-0.15, -0.1) is 0 Å². The Morgan fingerprint density at radius 1 is 1.11 bits per heavy atom. The summed E-state index contributed by atoms with van der Waals surface area (Å²) in [4.78, 5) is 0. The number of ether oxygens (including phenoxy) is 2. The molecule has 0 radical (unpaired) electrons. The summed E-state index contributed by atoms with van der Waals surface area (Å²) in [5, 5.41) is 0. The van der Waals surface area contributed by atoms with E-state index in [2.05, 4.69) is 31.2 Å². The summed E-state index contributed by atoms with van der Waals surface area (Å²) in [5.74, 6) is 0.890. The lowest BCUT2D eigenvalue weighted by Gasteiger charge is -2.12. The number of rotatable bonds is 9. The predicted molar refractivity (Wildman–Crippen MR) is 81.6 cm³/mol. The molecule has 2 heteroatoms. The van der Waals surface area contributed by atoms with Gasteiger partial charge in [0.25, 0.3) is 0 Å². The van der Waals surface area contributed by atoms with Crippen LogP contribution in [0.5, 0.6) is 5.75 Å². The van der Waals surface area contributed by atoms with Gasteiger partial charge < -0.3 is 9.47 Å². The van der Waals surface area contributed by atoms with Crippen LogP contribution in [0.2, 0.25) is 0 Å². The third-order valence-corrected chi connectivity index (χ3v) is 3.09. The molecule has 0 aliphatic rings. The number of hydrogen-bond acceptors (Lipinski definition) is 2. The maximum Gasteiger partial charge on any atom is 0.118 e. The standard InChI is InChI=1S/C17H26O2/c1-4-6-7-8-17(19-5-2)14-11-15-9-12-16(18-3)13-10-15/h9-14,17H,4-8H2,1-3H3. The highest BCUT2D eigenvalue weighted by atomic mass is 16.5. The molecule has 0 N–H and O–H groups in total. The second kappa shape index (κ2) is 9.62. The quantitative estimate of drug-likeness (QED) is 0.601. The van der Waals surface area contributed by atoms with Gasteiger partial charge in [0.15, 0.2) is 0 Å².